The molecule has 0 saturated heterocycles. The highest BCUT2D eigenvalue weighted by atomic mass is 19.1. The lowest BCUT2D eigenvalue weighted by atomic mass is 10.1. The van der Waals surface area contributed by atoms with Crippen molar-refractivity contribution in [3.63, 3.8) is 0 Å². The third-order valence-electron chi connectivity index (χ3n) is 3.20. The Balaban J connectivity index is 2.24. The molecular weight excluding hydrogens is 269 g/mol. The Morgan fingerprint density at radius 3 is 2.76 bits per heavy atom. The van der Waals surface area contributed by atoms with Gasteiger partial charge in [-0.25, -0.2) is 4.39 Å². The predicted molar refractivity (Wildman–Crippen MR) is 81.7 cm³/mol. The van der Waals surface area contributed by atoms with Crippen molar-refractivity contribution in [3.8, 4) is 17.0 Å². The van der Waals surface area contributed by atoms with Crippen LogP contribution in [0, 0.1) is 11.7 Å². The highest BCUT2D eigenvalue weighted by Gasteiger charge is 2.12. The highest BCUT2D eigenvalue weighted by Crippen LogP contribution is 2.26. The van der Waals surface area contributed by atoms with Crippen molar-refractivity contribution in [2.45, 2.75) is 20.4 Å². The second-order valence-corrected chi connectivity index (χ2v) is 5.55. The van der Waals surface area contributed by atoms with Gasteiger partial charge >= 0.3 is 0 Å². The molecule has 0 bridgehead atoms. The average Bonchev–Trinajstić information content (AvgIpc) is 2.79. The van der Waals surface area contributed by atoms with Crippen molar-refractivity contribution in [1.29, 1.82) is 0 Å². The van der Waals surface area contributed by atoms with Crippen molar-refractivity contribution >= 4 is 0 Å². The molecule has 4 nitrogen and oxygen atoms in total. The van der Waals surface area contributed by atoms with E-state index >= 15 is 0 Å². The van der Waals surface area contributed by atoms with Crippen LogP contribution in [0.3, 0.4) is 0 Å². The van der Waals surface area contributed by atoms with Crippen LogP contribution in [-0.2, 0) is 13.6 Å². The molecule has 0 aliphatic carbocycles. The zero-order chi connectivity index (χ0) is 15.4. The maximum absolute atomic E-state index is 13.9. The Bertz CT molecular complexity index is 608. The van der Waals surface area contributed by atoms with Gasteiger partial charge in [-0.05, 0) is 30.7 Å². The number of benzene rings is 1. The van der Waals surface area contributed by atoms with Gasteiger partial charge in [0.15, 0.2) is 11.6 Å². The molecule has 0 radical (unpaired) electrons. The lowest BCUT2D eigenvalue weighted by Crippen LogP contribution is -2.19. The third kappa shape index (κ3) is 3.82. The summed E-state index contributed by atoms with van der Waals surface area (Å²) in [6.07, 6.45) is 1.96. The maximum Gasteiger partial charge on any atom is 0.165 e. The molecule has 2 aromatic rings. The lowest BCUT2D eigenvalue weighted by molar-refractivity contribution is 0.386. The normalized spacial score (nSPS) is 11.1. The first-order chi connectivity index (χ1) is 10.0. The number of ether oxygens (including phenoxy) is 1. The molecule has 1 N–H and O–H groups in total. The fourth-order valence-electron chi connectivity index (χ4n) is 2.22. The first kappa shape index (κ1) is 15.5. The van der Waals surface area contributed by atoms with Crippen LogP contribution in [-0.4, -0.2) is 23.4 Å². The maximum atomic E-state index is 13.9. The van der Waals surface area contributed by atoms with E-state index in [1.165, 1.54) is 13.2 Å². The first-order valence-electron chi connectivity index (χ1n) is 7.08. The van der Waals surface area contributed by atoms with E-state index in [9.17, 15) is 4.39 Å². The number of hydrogen-bond donors (Lipinski definition) is 1. The van der Waals surface area contributed by atoms with E-state index in [2.05, 4.69) is 24.3 Å². The van der Waals surface area contributed by atoms with Crippen molar-refractivity contribution in [1.82, 2.24) is 15.1 Å². The quantitative estimate of drug-likeness (QED) is 0.889. The molecule has 1 aromatic carbocycles. The monoisotopic (exact) mass is 291 g/mol. The SMILES string of the molecule is COc1ccc(-c2nn(C)cc2CNCC(C)C)cc1F. The summed E-state index contributed by atoms with van der Waals surface area (Å²) in [5.74, 6) is 0.458. The second kappa shape index (κ2) is 6.72. The summed E-state index contributed by atoms with van der Waals surface area (Å²) >= 11 is 0. The van der Waals surface area contributed by atoms with Crippen molar-refractivity contribution in [2.75, 3.05) is 13.7 Å². The minimum absolute atomic E-state index is 0.245. The van der Waals surface area contributed by atoms with Crippen LogP contribution in [0.15, 0.2) is 24.4 Å². The van der Waals surface area contributed by atoms with Crippen molar-refractivity contribution in [3.05, 3.63) is 35.8 Å². The van der Waals surface area contributed by atoms with Gasteiger partial charge in [0.05, 0.1) is 12.8 Å². The number of nitrogens with one attached hydrogen (secondary N) is 1. The number of methoxy groups -OCH3 is 1. The van der Waals surface area contributed by atoms with Gasteiger partial charge in [0.2, 0.25) is 0 Å². The smallest absolute Gasteiger partial charge is 0.165 e. The Hall–Kier alpha value is -1.88. The number of nitrogens with zero attached hydrogens (tertiary/aromatic N) is 2. The summed E-state index contributed by atoms with van der Waals surface area (Å²) in [5, 5.41) is 7.83. The molecule has 2 rings (SSSR count). The molecule has 1 heterocycles. The molecule has 1 aromatic heterocycles. The van der Waals surface area contributed by atoms with E-state index in [-0.39, 0.29) is 11.6 Å². The molecule has 0 amide bonds. The molecule has 0 aliphatic heterocycles. The average molecular weight is 291 g/mol. The van der Waals surface area contributed by atoms with E-state index in [1.54, 1.807) is 10.7 Å². The van der Waals surface area contributed by atoms with E-state index in [1.807, 2.05) is 19.3 Å². The van der Waals surface area contributed by atoms with E-state index < -0.39 is 0 Å². The summed E-state index contributed by atoms with van der Waals surface area (Å²) in [6.45, 7) is 5.98. The summed E-state index contributed by atoms with van der Waals surface area (Å²) in [6, 6.07) is 4.92. The van der Waals surface area contributed by atoms with E-state index in [0.29, 0.717) is 5.92 Å². The third-order valence-corrected chi connectivity index (χ3v) is 3.20. The van der Waals surface area contributed by atoms with E-state index in [0.717, 1.165) is 29.9 Å². The van der Waals surface area contributed by atoms with Crippen LogP contribution in [0.1, 0.15) is 19.4 Å². The molecule has 114 valence electrons. The van der Waals surface area contributed by atoms with Crippen LogP contribution in [0.5, 0.6) is 5.75 Å². The van der Waals surface area contributed by atoms with Gasteiger partial charge in [-0.2, -0.15) is 5.10 Å². The van der Waals surface area contributed by atoms with Gasteiger partial charge in [-0.3, -0.25) is 4.68 Å². The number of rotatable bonds is 6. The first-order valence-corrected chi connectivity index (χ1v) is 7.08. The number of aryl methyl sites for hydroxylation is 1. The van der Waals surface area contributed by atoms with Crippen LogP contribution >= 0.6 is 0 Å². The minimum Gasteiger partial charge on any atom is -0.494 e. The van der Waals surface area contributed by atoms with Gasteiger partial charge in [-0.15, -0.1) is 0 Å². The Labute approximate surface area is 124 Å². The van der Waals surface area contributed by atoms with Crippen molar-refractivity contribution < 1.29 is 9.13 Å². The van der Waals surface area contributed by atoms with E-state index in [4.69, 9.17) is 4.74 Å². The minimum atomic E-state index is -0.373. The molecule has 0 atom stereocenters. The Morgan fingerprint density at radius 2 is 2.14 bits per heavy atom. The summed E-state index contributed by atoms with van der Waals surface area (Å²) in [7, 11) is 3.33. The predicted octanol–water partition coefficient (Wildman–Crippen LogP) is 2.98. The number of hydrogen-bond acceptors (Lipinski definition) is 3. The molecule has 0 fully saturated rings. The molecule has 21 heavy (non-hydrogen) atoms. The number of aromatic nitrogens is 2. The van der Waals surface area contributed by atoms with Gasteiger partial charge in [0.1, 0.15) is 0 Å². The molecular formula is C16H22FN3O. The van der Waals surface area contributed by atoms with Gasteiger partial charge in [-0.1, -0.05) is 13.8 Å². The Morgan fingerprint density at radius 1 is 1.38 bits per heavy atom. The van der Waals surface area contributed by atoms with Crippen LogP contribution in [0.25, 0.3) is 11.3 Å². The molecule has 0 aliphatic rings. The molecule has 5 heteroatoms. The number of halogens is 1. The summed E-state index contributed by atoms with van der Waals surface area (Å²) in [4.78, 5) is 0. The fourth-order valence-corrected chi connectivity index (χ4v) is 2.22. The highest BCUT2D eigenvalue weighted by molar-refractivity contribution is 5.63. The lowest BCUT2D eigenvalue weighted by Gasteiger charge is -2.08. The second-order valence-electron chi connectivity index (χ2n) is 5.55. The standard InChI is InChI=1S/C16H22FN3O/c1-11(2)8-18-9-13-10-20(3)19-16(13)12-5-6-15(21-4)14(17)7-12/h5-7,10-11,18H,8-9H2,1-4H3. The van der Waals surface area contributed by atoms with Crippen LogP contribution < -0.4 is 10.1 Å². The molecule has 0 spiro atoms. The van der Waals surface area contributed by atoms with Crippen molar-refractivity contribution in [2.24, 2.45) is 13.0 Å². The summed E-state index contributed by atoms with van der Waals surface area (Å²) < 4.78 is 20.6. The van der Waals surface area contributed by atoms with Gasteiger partial charge in [0.25, 0.3) is 0 Å². The van der Waals surface area contributed by atoms with Crippen LogP contribution in [0.4, 0.5) is 4.39 Å². The zero-order valence-electron chi connectivity index (χ0n) is 13.0. The van der Waals surface area contributed by atoms with Crippen LogP contribution in [0.2, 0.25) is 0 Å². The fraction of sp³-hybridized carbons (Fsp3) is 0.438. The molecule has 0 unspecified atom stereocenters. The van der Waals surface area contributed by atoms with Gasteiger partial charge < -0.3 is 10.1 Å². The Kier molecular flexibility index (Phi) is 4.96. The van der Waals surface area contributed by atoms with Gasteiger partial charge in [0, 0.05) is 30.9 Å². The largest absolute Gasteiger partial charge is 0.494 e. The topological polar surface area (TPSA) is 39.1 Å². The molecule has 0 saturated carbocycles. The zero-order valence-corrected chi connectivity index (χ0v) is 13.0. The summed E-state index contributed by atoms with van der Waals surface area (Å²) in [5.41, 5.74) is 2.62.